The van der Waals surface area contributed by atoms with Gasteiger partial charge in [-0.05, 0) is 26.4 Å². The van der Waals surface area contributed by atoms with E-state index in [4.69, 9.17) is 0 Å². The van der Waals surface area contributed by atoms with E-state index in [0.717, 1.165) is 32.5 Å². The fourth-order valence-electron chi connectivity index (χ4n) is 2.69. The standard InChI is InChI=1S/C14H27N5S/c1-4-6-15-14(13-11-20-9-8-18(13)3)12-10-16-17-19(12)7-5-2/h10,13-15H,4-9,11H2,1-3H3. The van der Waals surface area contributed by atoms with E-state index in [1.165, 1.54) is 17.2 Å². The maximum Gasteiger partial charge on any atom is 0.0772 e. The fourth-order valence-corrected chi connectivity index (χ4v) is 3.96. The van der Waals surface area contributed by atoms with Crippen molar-refractivity contribution in [2.45, 2.75) is 45.3 Å². The Morgan fingerprint density at radius 1 is 1.45 bits per heavy atom. The second-order valence-corrected chi connectivity index (χ2v) is 6.59. The van der Waals surface area contributed by atoms with E-state index in [2.05, 4.69) is 57.9 Å². The van der Waals surface area contributed by atoms with Crippen LogP contribution < -0.4 is 5.32 Å². The van der Waals surface area contributed by atoms with Crippen LogP contribution in [-0.4, -0.2) is 57.6 Å². The summed E-state index contributed by atoms with van der Waals surface area (Å²) in [5.74, 6) is 2.41. The summed E-state index contributed by atoms with van der Waals surface area (Å²) in [5, 5.41) is 12.1. The van der Waals surface area contributed by atoms with Crippen LogP contribution in [0.4, 0.5) is 0 Å². The maximum absolute atomic E-state index is 4.26. The van der Waals surface area contributed by atoms with Gasteiger partial charge in [-0.2, -0.15) is 11.8 Å². The summed E-state index contributed by atoms with van der Waals surface area (Å²) in [7, 11) is 2.24. The Labute approximate surface area is 126 Å². The highest BCUT2D eigenvalue weighted by Crippen LogP contribution is 2.26. The number of nitrogens with one attached hydrogen (secondary N) is 1. The van der Waals surface area contributed by atoms with Crippen LogP contribution >= 0.6 is 11.8 Å². The van der Waals surface area contributed by atoms with Gasteiger partial charge >= 0.3 is 0 Å². The minimum atomic E-state index is 0.328. The summed E-state index contributed by atoms with van der Waals surface area (Å²) >= 11 is 2.05. The lowest BCUT2D eigenvalue weighted by molar-refractivity contribution is 0.209. The number of aryl methyl sites for hydroxylation is 1. The van der Waals surface area contributed by atoms with E-state index in [0.29, 0.717) is 12.1 Å². The Morgan fingerprint density at radius 3 is 3.00 bits per heavy atom. The van der Waals surface area contributed by atoms with Crippen LogP contribution in [0.2, 0.25) is 0 Å². The van der Waals surface area contributed by atoms with Gasteiger partial charge in [0.2, 0.25) is 0 Å². The van der Waals surface area contributed by atoms with Crippen molar-refractivity contribution in [2.24, 2.45) is 0 Å². The average Bonchev–Trinajstić information content (AvgIpc) is 2.90. The Bertz CT molecular complexity index is 395. The summed E-state index contributed by atoms with van der Waals surface area (Å²) in [5.41, 5.74) is 1.24. The molecule has 1 aromatic rings. The van der Waals surface area contributed by atoms with Crippen molar-refractivity contribution < 1.29 is 0 Å². The molecule has 1 aliphatic rings. The molecule has 1 fully saturated rings. The molecule has 20 heavy (non-hydrogen) atoms. The summed E-state index contributed by atoms with van der Waals surface area (Å²) < 4.78 is 2.07. The van der Waals surface area contributed by atoms with E-state index < -0.39 is 0 Å². The molecule has 1 N–H and O–H groups in total. The first-order valence-corrected chi connectivity index (χ1v) is 8.83. The van der Waals surface area contributed by atoms with Crippen LogP contribution in [0.1, 0.15) is 38.4 Å². The molecule has 0 aliphatic carbocycles. The van der Waals surface area contributed by atoms with Crippen LogP contribution in [0.3, 0.4) is 0 Å². The van der Waals surface area contributed by atoms with Gasteiger partial charge in [0.15, 0.2) is 0 Å². The summed E-state index contributed by atoms with van der Waals surface area (Å²) in [6.07, 6.45) is 4.18. The molecule has 5 nitrogen and oxygen atoms in total. The predicted molar refractivity (Wildman–Crippen MR) is 85.1 cm³/mol. The number of thioether (sulfide) groups is 1. The lowest BCUT2D eigenvalue weighted by atomic mass is 10.0. The van der Waals surface area contributed by atoms with Crippen molar-refractivity contribution >= 4 is 11.8 Å². The molecule has 0 radical (unpaired) electrons. The minimum Gasteiger partial charge on any atom is -0.307 e. The van der Waals surface area contributed by atoms with Crippen LogP contribution in [-0.2, 0) is 6.54 Å². The molecule has 0 spiro atoms. The number of hydrogen-bond acceptors (Lipinski definition) is 5. The first-order chi connectivity index (χ1) is 9.77. The zero-order valence-electron chi connectivity index (χ0n) is 12.9. The van der Waals surface area contributed by atoms with Crippen LogP contribution in [0.15, 0.2) is 6.20 Å². The molecule has 1 aromatic heterocycles. The van der Waals surface area contributed by atoms with Gasteiger partial charge in [-0.1, -0.05) is 19.1 Å². The molecule has 0 bridgehead atoms. The number of rotatable bonds is 7. The topological polar surface area (TPSA) is 46.0 Å². The third-order valence-corrected chi connectivity index (χ3v) is 4.89. The lowest BCUT2D eigenvalue weighted by Crippen LogP contribution is -2.48. The number of likely N-dealkylation sites (N-methyl/N-ethyl adjacent to an activating group) is 1. The van der Waals surface area contributed by atoms with Crippen molar-refractivity contribution in [3.63, 3.8) is 0 Å². The van der Waals surface area contributed by atoms with Gasteiger partial charge in [0, 0.05) is 30.6 Å². The normalized spacial score (nSPS) is 22.1. The fraction of sp³-hybridized carbons (Fsp3) is 0.857. The third kappa shape index (κ3) is 3.74. The smallest absolute Gasteiger partial charge is 0.0772 e. The maximum atomic E-state index is 4.26. The Kier molecular flexibility index (Phi) is 6.32. The number of nitrogens with zero attached hydrogens (tertiary/aromatic N) is 4. The molecule has 1 aliphatic heterocycles. The molecule has 0 saturated carbocycles. The molecule has 1 saturated heterocycles. The minimum absolute atomic E-state index is 0.328. The number of hydrogen-bond donors (Lipinski definition) is 1. The molecule has 6 heteroatoms. The van der Waals surface area contributed by atoms with E-state index >= 15 is 0 Å². The molecule has 0 aromatic carbocycles. The van der Waals surface area contributed by atoms with Gasteiger partial charge in [-0.15, -0.1) is 5.10 Å². The molecule has 2 unspecified atom stereocenters. The average molecular weight is 297 g/mol. The Morgan fingerprint density at radius 2 is 2.30 bits per heavy atom. The largest absolute Gasteiger partial charge is 0.307 e. The first-order valence-electron chi connectivity index (χ1n) is 7.67. The monoisotopic (exact) mass is 297 g/mol. The van der Waals surface area contributed by atoms with E-state index in [1.807, 2.05) is 6.20 Å². The van der Waals surface area contributed by atoms with Crippen molar-refractivity contribution in [1.82, 2.24) is 25.2 Å². The summed E-state index contributed by atoms with van der Waals surface area (Å²) in [4.78, 5) is 2.48. The molecule has 114 valence electrons. The molecule has 2 atom stereocenters. The predicted octanol–water partition coefficient (Wildman–Crippen LogP) is 1.78. The summed E-state index contributed by atoms with van der Waals surface area (Å²) in [6, 6.07) is 0.851. The van der Waals surface area contributed by atoms with Crippen molar-refractivity contribution in [1.29, 1.82) is 0 Å². The molecule has 0 amide bonds. The first kappa shape index (κ1) is 15.8. The molecule has 2 heterocycles. The lowest BCUT2D eigenvalue weighted by Gasteiger charge is -2.38. The SMILES string of the molecule is CCCNC(c1cnnn1CCC)C1CSCCN1C. The number of aromatic nitrogens is 3. The van der Waals surface area contributed by atoms with Crippen LogP contribution in [0, 0.1) is 0 Å². The Hall–Kier alpha value is -0.590. The van der Waals surface area contributed by atoms with Gasteiger partial charge in [0.05, 0.1) is 17.9 Å². The van der Waals surface area contributed by atoms with E-state index in [-0.39, 0.29) is 0 Å². The van der Waals surface area contributed by atoms with Crippen molar-refractivity contribution in [3.8, 4) is 0 Å². The van der Waals surface area contributed by atoms with Gasteiger partial charge in [0.25, 0.3) is 0 Å². The van der Waals surface area contributed by atoms with Crippen LogP contribution in [0.5, 0.6) is 0 Å². The van der Waals surface area contributed by atoms with E-state index in [1.54, 1.807) is 0 Å². The highest BCUT2D eigenvalue weighted by molar-refractivity contribution is 7.99. The van der Waals surface area contributed by atoms with Gasteiger partial charge in [-0.3, -0.25) is 4.90 Å². The van der Waals surface area contributed by atoms with E-state index in [9.17, 15) is 0 Å². The second kappa shape index (κ2) is 8.00. The second-order valence-electron chi connectivity index (χ2n) is 5.44. The highest BCUT2D eigenvalue weighted by atomic mass is 32.2. The van der Waals surface area contributed by atoms with Gasteiger partial charge in [0.1, 0.15) is 0 Å². The summed E-state index contributed by atoms with van der Waals surface area (Å²) in [6.45, 7) is 7.54. The molecule has 2 rings (SSSR count). The quantitative estimate of drug-likeness (QED) is 0.831. The molecular formula is C14H27N5S. The van der Waals surface area contributed by atoms with Gasteiger partial charge < -0.3 is 5.32 Å². The van der Waals surface area contributed by atoms with Crippen molar-refractivity contribution in [2.75, 3.05) is 31.6 Å². The molecular weight excluding hydrogens is 270 g/mol. The zero-order valence-corrected chi connectivity index (χ0v) is 13.7. The van der Waals surface area contributed by atoms with Gasteiger partial charge in [-0.25, -0.2) is 4.68 Å². The third-order valence-electron chi connectivity index (χ3n) is 3.84. The van der Waals surface area contributed by atoms with Crippen molar-refractivity contribution in [3.05, 3.63) is 11.9 Å². The Balaban J connectivity index is 2.19. The van der Waals surface area contributed by atoms with Crippen LogP contribution in [0.25, 0.3) is 0 Å². The highest BCUT2D eigenvalue weighted by Gasteiger charge is 2.31. The zero-order chi connectivity index (χ0) is 14.4.